The van der Waals surface area contributed by atoms with Crippen LogP contribution in [-0.2, 0) is 16.6 Å². The molecule has 2 heterocycles. The molecule has 0 aliphatic heterocycles. The maximum Gasteiger partial charge on any atom is 0.266 e. The van der Waals surface area contributed by atoms with Gasteiger partial charge >= 0.3 is 0 Å². The number of fused-ring (bicyclic) bond motifs is 2. The van der Waals surface area contributed by atoms with Crippen LogP contribution in [0.25, 0.3) is 21.9 Å². The maximum atomic E-state index is 13.9. The van der Waals surface area contributed by atoms with Gasteiger partial charge in [-0.25, -0.2) is 13.0 Å². The zero-order chi connectivity index (χ0) is 24.6. The third-order valence-corrected chi connectivity index (χ3v) is 7.43. The number of nitrogens with one attached hydrogen (secondary N) is 1. The van der Waals surface area contributed by atoms with E-state index >= 15 is 0 Å². The first-order valence-corrected chi connectivity index (χ1v) is 11.9. The molecule has 0 unspecified atom stereocenters. The van der Waals surface area contributed by atoms with Crippen LogP contribution in [0.5, 0.6) is 11.5 Å². The van der Waals surface area contributed by atoms with Gasteiger partial charge in [0.1, 0.15) is 21.9 Å². The molecule has 0 atom stereocenters. The highest BCUT2D eigenvalue weighted by Gasteiger charge is 2.29. The fourth-order valence-electron chi connectivity index (χ4n) is 3.80. The van der Waals surface area contributed by atoms with Crippen molar-refractivity contribution in [3.05, 3.63) is 82.6 Å². The molecule has 0 saturated carbocycles. The Morgan fingerprint density at radius 1 is 0.943 bits per heavy atom. The average molecular weight is 493 g/mol. The minimum absolute atomic E-state index is 0.0917. The number of benzene rings is 3. The van der Waals surface area contributed by atoms with Gasteiger partial charge in [0.05, 0.1) is 26.5 Å². The summed E-state index contributed by atoms with van der Waals surface area (Å²) in [6, 6.07) is 18.0. The van der Waals surface area contributed by atoms with Crippen LogP contribution in [0.4, 0.5) is 5.69 Å². The maximum absolute atomic E-state index is 13.9. The summed E-state index contributed by atoms with van der Waals surface area (Å²) in [4.78, 5) is 15.6. The van der Waals surface area contributed by atoms with Gasteiger partial charge < -0.3 is 14.5 Å². The van der Waals surface area contributed by atoms with E-state index < -0.39 is 15.6 Å². The standard InChI is InChI=1S/C24H20N4O6S/c1-32-18-8-6-17(7-9-18)28(35(30,31)22-5-3-4-21-23(22)27-34-26-21)14-16-12-15-13-19(33-2)10-11-20(15)25-24(16)29/h3-13H,14H2,1-2H3,(H,25,29). The van der Waals surface area contributed by atoms with Crippen molar-refractivity contribution in [1.29, 1.82) is 0 Å². The summed E-state index contributed by atoms with van der Waals surface area (Å²) in [5.74, 6) is 1.17. The second kappa shape index (κ2) is 8.76. The summed E-state index contributed by atoms with van der Waals surface area (Å²) in [6.45, 7) is -0.237. The monoisotopic (exact) mass is 492 g/mol. The zero-order valence-corrected chi connectivity index (χ0v) is 19.6. The first-order chi connectivity index (χ1) is 16.9. The molecule has 0 aliphatic rings. The normalized spacial score (nSPS) is 11.6. The zero-order valence-electron chi connectivity index (χ0n) is 18.8. The van der Waals surface area contributed by atoms with Gasteiger partial charge in [0.25, 0.3) is 15.6 Å². The Hall–Kier alpha value is -4.38. The lowest BCUT2D eigenvalue weighted by Crippen LogP contribution is -2.33. The highest BCUT2D eigenvalue weighted by molar-refractivity contribution is 7.93. The third-order valence-electron chi connectivity index (χ3n) is 5.62. The van der Waals surface area contributed by atoms with Crippen molar-refractivity contribution >= 4 is 37.6 Å². The molecular weight excluding hydrogens is 472 g/mol. The lowest BCUT2D eigenvalue weighted by atomic mass is 10.1. The van der Waals surface area contributed by atoms with E-state index in [2.05, 4.69) is 15.3 Å². The van der Waals surface area contributed by atoms with Gasteiger partial charge in [-0.2, -0.15) is 0 Å². The highest BCUT2D eigenvalue weighted by Crippen LogP contribution is 2.30. The molecule has 11 heteroatoms. The fourth-order valence-corrected chi connectivity index (χ4v) is 5.38. The molecule has 35 heavy (non-hydrogen) atoms. The number of pyridine rings is 1. The first kappa shape index (κ1) is 22.4. The van der Waals surface area contributed by atoms with E-state index in [9.17, 15) is 13.2 Å². The smallest absolute Gasteiger partial charge is 0.266 e. The molecular formula is C24H20N4O6S. The molecule has 2 aromatic heterocycles. The van der Waals surface area contributed by atoms with Crippen LogP contribution in [0.15, 0.2) is 81.0 Å². The van der Waals surface area contributed by atoms with Gasteiger partial charge in [0.15, 0.2) is 5.52 Å². The molecule has 0 bridgehead atoms. The highest BCUT2D eigenvalue weighted by atomic mass is 32.2. The van der Waals surface area contributed by atoms with Crippen LogP contribution >= 0.6 is 0 Å². The summed E-state index contributed by atoms with van der Waals surface area (Å²) in [6.07, 6.45) is 0. The van der Waals surface area contributed by atoms with Crippen molar-refractivity contribution in [2.24, 2.45) is 0 Å². The second-order valence-electron chi connectivity index (χ2n) is 7.67. The Bertz CT molecular complexity index is 1690. The van der Waals surface area contributed by atoms with E-state index in [1.165, 1.54) is 13.2 Å². The van der Waals surface area contributed by atoms with Crippen LogP contribution in [0.1, 0.15) is 5.56 Å². The van der Waals surface area contributed by atoms with Gasteiger partial charge in [-0.3, -0.25) is 9.10 Å². The molecule has 5 aromatic rings. The largest absolute Gasteiger partial charge is 0.497 e. The lowest BCUT2D eigenvalue weighted by Gasteiger charge is -2.24. The minimum atomic E-state index is -4.20. The number of aromatic nitrogens is 3. The number of nitrogens with zero attached hydrogens (tertiary/aromatic N) is 3. The van der Waals surface area contributed by atoms with Crippen LogP contribution < -0.4 is 19.3 Å². The fraction of sp³-hybridized carbons (Fsp3) is 0.125. The topological polar surface area (TPSA) is 128 Å². The molecule has 3 aromatic carbocycles. The van der Waals surface area contributed by atoms with Crippen LogP contribution in [0.2, 0.25) is 0 Å². The number of hydrogen-bond acceptors (Lipinski definition) is 8. The number of aromatic amines is 1. The van der Waals surface area contributed by atoms with Gasteiger partial charge in [-0.05, 0) is 71.0 Å². The van der Waals surface area contributed by atoms with E-state index in [4.69, 9.17) is 14.1 Å². The molecule has 0 aliphatic carbocycles. The van der Waals surface area contributed by atoms with E-state index in [0.29, 0.717) is 33.6 Å². The van der Waals surface area contributed by atoms with E-state index in [-0.39, 0.29) is 22.5 Å². The summed E-state index contributed by atoms with van der Waals surface area (Å²) in [5, 5.41) is 8.23. The number of rotatable bonds is 7. The molecule has 0 spiro atoms. The minimum Gasteiger partial charge on any atom is -0.497 e. The SMILES string of the molecule is COc1ccc(N(Cc2cc3cc(OC)ccc3[nH]c2=O)S(=O)(=O)c2cccc3nonc23)cc1. The number of hydrogen-bond donors (Lipinski definition) is 1. The van der Waals surface area contributed by atoms with Gasteiger partial charge in [0.2, 0.25) is 0 Å². The molecule has 0 saturated heterocycles. The first-order valence-electron chi connectivity index (χ1n) is 10.5. The summed E-state index contributed by atoms with van der Waals surface area (Å²) < 4.78 is 44.3. The van der Waals surface area contributed by atoms with E-state index in [1.54, 1.807) is 67.8 Å². The van der Waals surface area contributed by atoms with Gasteiger partial charge in [0, 0.05) is 16.5 Å². The predicted octanol–water partition coefficient (Wildman–Crippen LogP) is 3.48. The van der Waals surface area contributed by atoms with Crippen molar-refractivity contribution in [3.8, 4) is 11.5 Å². The van der Waals surface area contributed by atoms with E-state index in [1.807, 2.05) is 0 Å². The van der Waals surface area contributed by atoms with E-state index in [0.717, 1.165) is 4.31 Å². The van der Waals surface area contributed by atoms with Gasteiger partial charge in [-0.1, -0.05) is 6.07 Å². The summed E-state index contributed by atoms with van der Waals surface area (Å²) in [7, 11) is -1.13. The number of ether oxygens (including phenoxy) is 2. The summed E-state index contributed by atoms with van der Waals surface area (Å²) in [5.41, 5.74) is 1.19. The quantitative estimate of drug-likeness (QED) is 0.366. The lowest BCUT2D eigenvalue weighted by molar-refractivity contribution is 0.315. The average Bonchev–Trinajstić information content (AvgIpc) is 3.36. The second-order valence-corrected chi connectivity index (χ2v) is 9.51. The molecule has 1 N–H and O–H groups in total. The number of anilines is 1. The van der Waals surface area contributed by atoms with Crippen LogP contribution in [0.3, 0.4) is 0 Å². The Morgan fingerprint density at radius 2 is 1.69 bits per heavy atom. The van der Waals surface area contributed by atoms with Crippen molar-refractivity contribution < 1.29 is 22.5 Å². The Morgan fingerprint density at radius 3 is 2.43 bits per heavy atom. The molecule has 0 radical (unpaired) electrons. The van der Waals surface area contributed by atoms with Crippen LogP contribution in [-0.4, -0.2) is 37.9 Å². The van der Waals surface area contributed by atoms with Gasteiger partial charge in [-0.15, -0.1) is 0 Å². The molecule has 0 fully saturated rings. The number of H-pyrrole nitrogens is 1. The summed E-state index contributed by atoms with van der Waals surface area (Å²) >= 11 is 0. The Balaban J connectivity index is 1.66. The molecule has 5 rings (SSSR count). The predicted molar refractivity (Wildman–Crippen MR) is 129 cm³/mol. The van der Waals surface area contributed by atoms with Crippen molar-refractivity contribution in [1.82, 2.24) is 15.3 Å². The molecule has 0 amide bonds. The number of sulfonamides is 1. The van der Waals surface area contributed by atoms with Crippen LogP contribution in [0, 0.1) is 0 Å². The van der Waals surface area contributed by atoms with Crippen molar-refractivity contribution in [3.63, 3.8) is 0 Å². The van der Waals surface area contributed by atoms with Crippen molar-refractivity contribution in [2.75, 3.05) is 18.5 Å². The Labute approximate surface area is 199 Å². The molecule has 10 nitrogen and oxygen atoms in total. The molecule has 178 valence electrons. The van der Waals surface area contributed by atoms with Crippen molar-refractivity contribution in [2.45, 2.75) is 11.4 Å². The Kier molecular flexibility index (Phi) is 5.61. The third kappa shape index (κ3) is 4.06. The number of methoxy groups -OCH3 is 2.